The number of aromatic nitrogens is 1. The summed E-state index contributed by atoms with van der Waals surface area (Å²) in [5, 5.41) is 3.59. The Balaban J connectivity index is 2.66. The molecule has 108 valence electrons. The zero-order chi connectivity index (χ0) is 14.3. The predicted octanol–water partition coefficient (Wildman–Crippen LogP) is 3.42. The van der Waals surface area contributed by atoms with Crippen LogP contribution in [0.4, 0.5) is 0 Å². The Morgan fingerprint density at radius 1 is 1.32 bits per heavy atom. The van der Waals surface area contributed by atoms with Gasteiger partial charge in [-0.3, -0.25) is 4.98 Å². The van der Waals surface area contributed by atoms with Crippen LogP contribution in [-0.2, 0) is 6.42 Å². The molecule has 0 saturated carbocycles. The van der Waals surface area contributed by atoms with E-state index in [1.165, 1.54) is 24.1 Å². The molecule has 0 aromatic carbocycles. The summed E-state index contributed by atoms with van der Waals surface area (Å²) in [4.78, 5) is 4.57. The Bertz CT molecular complexity index is 391. The first-order chi connectivity index (χ1) is 9.13. The second-order valence-corrected chi connectivity index (χ2v) is 5.14. The minimum absolute atomic E-state index is 0.591. The van der Waals surface area contributed by atoms with Gasteiger partial charge >= 0.3 is 0 Å². The van der Waals surface area contributed by atoms with Crippen LogP contribution in [0.5, 0.6) is 5.75 Å². The molecule has 3 nitrogen and oxygen atoms in total. The van der Waals surface area contributed by atoms with Gasteiger partial charge in [0.15, 0.2) is 0 Å². The van der Waals surface area contributed by atoms with Crippen molar-refractivity contribution in [3.63, 3.8) is 0 Å². The number of hydrogen-bond acceptors (Lipinski definition) is 3. The summed E-state index contributed by atoms with van der Waals surface area (Å²) in [5.41, 5.74) is 3.46. The van der Waals surface area contributed by atoms with E-state index in [4.69, 9.17) is 4.74 Å². The topological polar surface area (TPSA) is 34.2 Å². The van der Waals surface area contributed by atoms with Crippen molar-refractivity contribution in [2.24, 2.45) is 0 Å². The third-order valence-corrected chi connectivity index (χ3v) is 3.66. The first kappa shape index (κ1) is 16.0. The number of nitrogens with zero attached hydrogens (tertiary/aromatic N) is 1. The largest absolute Gasteiger partial charge is 0.496 e. The molecule has 0 aliphatic heterocycles. The number of pyridine rings is 1. The van der Waals surface area contributed by atoms with Gasteiger partial charge in [0.05, 0.1) is 7.11 Å². The van der Waals surface area contributed by atoms with Crippen molar-refractivity contribution in [1.29, 1.82) is 0 Å². The number of ether oxygens (including phenoxy) is 1. The number of rotatable bonds is 8. The smallest absolute Gasteiger partial charge is 0.128 e. The Kier molecular flexibility index (Phi) is 6.85. The Labute approximate surface area is 117 Å². The standard InChI is InChI=1S/C16H28N2O/c1-6-10-17-14(7-2)8-9-15-13(4)16(19-5)12(3)11-18-15/h11,14,17H,6-10H2,1-5H3. The molecule has 1 atom stereocenters. The maximum absolute atomic E-state index is 5.46. The Morgan fingerprint density at radius 3 is 2.63 bits per heavy atom. The minimum Gasteiger partial charge on any atom is -0.496 e. The van der Waals surface area contributed by atoms with Crippen molar-refractivity contribution in [2.75, 3.05) is 13.7 Å². The van der Waals surface area contributed by atoms with Crippen molar-refractivity contribution >= 4 is 0 Å². The van der Waals surface area contributed by atoms with E-state index in [1.807, 2.05) is 13.1 Å². The van der Waals surface area contributed by atoms with E-state index in [0.717, 1.165) is 30.7 Å². The normalized spacial score (nSPS) is 12.5. The fraction of sp³-hybridized carbons (Fsp3) is 0.688. The molecule has 0 amide bonds. The van der Waals surface area contributed by atoms with Gasteiger partial charge in [0, 0.05) is 29.1 Å². The Hall–Kier alpha value is -1.09. The van der Waals surface area contributed by atoms with Crippen LogP contribution >= 0.6 is 0 Å². The lowest BCUT2D eigenvalue weighted by Crippen LogP contribution is -2.29. The summed E-state index contributed by atoms with van der Waals surface area (Å²) >= 11 is 0. The van der Waals surface area contributed by atoms with E-state index in [2.05, 4.69) is 31.1 Å². The second-order valence-electron chi connectivity index (χ2n) is 5.14. The molecular formula is C16H28N2O. The molecule has 0 aliphatic rings. The summed E-state index contributed by atoms with van der Waals surface area (Å²) in [6.07, 6.45) is 6.42. The molecular weight excluding hydrogens is 236 g/mol. The van der Waals surface area contributed by atoms with E-state index in [9.17, 15) is 0 Å². The maximum Gasteiger partial charge on any atom is 0.128 e. The molecule has 0 fully saturated rings. The quantitative estimate of drug-likeness (QED) is 0.781. The van der Waals surface area contributed by atoms with Crippen molar-refractivity contribution in [3.05, 3.63) is 23.0 Å². The molecule has 1 rings (SSSR count). The van der Waals surface area contributed by atoms with Crippen molar-refractivity contribution in [2.45, 2.75) is 59.4 Å². The zero-order valence-electron chi connectivity index (χ0n) is 13.0. The van der Waals surface area contributed by atoms with Crippen molar-refractivity contribution in [1.82, 2.24) is 10.3 Å². The molecule has 1 unspecified atom stereocenters. The van der Waals surface area contributed by atoms with Crippen molar-refractivity contribution in [3.8, 4) is 5.75 Å². The third kappa shape index (κ3) is 4.50. The van der Waals surface area contributed by atoms with Gasteiger partial charge in [-0.1, -0.05) is 13.8 Å². The van der Waals surface area contributed by atoms with Crippen LogP contribution in [0.3, 0.4) is 0 Å². The number of nitrogens with one attached hydrogen (secondary N) is 1. The van der Waals surface area contributed by atoms with E-state index in [0.29, 0.717) is 6.04 Å². The number of methoxy groups -OCH3 is 1. The van der Waals surface area contributed by atoms with Crippen LogP contribution in [-0.4, -0.2) is 24.7 Å². The average molecular weight is 264 g/mol. The molecule has 19 heavy (non-hydrogen) atoms. The van der Waals surface area contributed by atoms with Gasteiger partial charge in [0.1, 0.15) is 5.75 Å². The molecule has 1 N–H and O–H groups in total. The van der Waals surface area contributed by atoms with Crippen molar-refractivity contribution < 1.29 is 4.74 Å². The SMILES string of the molecule is CCCNC(CC)CCc1ncc(C)c(OC)c1C. The fourth-order valence-electron chi connectivity index (χ4n) is 2.43. The Morgan fingerprint density at radius 2 is 2.05 bits per heavy atom. The zero-order valence-corrected chi connectivity index (χ0v) is 13.0. The van der Waals surface area contributed by atoms with Gasteiger partial charge in [-0.25, -0.2) is 0 Å². The predicted molar refractivity (Wildman–Crippen MR) is 81.0 cm³/mol. The minimum atomic E-state index is 0.591. The van der Waals surface area contributed by atoms with Gasteiger partial charge in [-0.2, -0.15) is 0 Å². The lowest BCUT2D eigenvalue weighted by molar-refractivity contribution is 0.406. The summed E-state index contributed by atoms with van der Waals surface area (Å²) in [7, 11) is 1.73. The van der Waals surface area contributed by atoms with Crippen LogP contribution in [0.25, 0.3) is 0 Å². The maximum atomic E-state index is 5.46. The number of aryl methyl sites for hydroxylation is 2. The highest BCUT2D eigenvalue weighted by atomic mass is 16.5. The first-order valence-corrected chi connectivity index (χ1v) is 7.36. The highest BCUT2D eigenvalue weighted by molar-refractivity contribution is 5.41. The first-order valence-electron chi connectivity index (χ1n) is 7.36. The summed E-state index contributed by atoms with van der Waals surface area (Å²) in [5.74, 6) is 0.986. The molecule has 0 saturated heterocycles. The molecule has 1 aromatic heterocycles. The van der Waals surface area contributed by atoms with Crippen LogP contribution in [0.1, 0.15) is 49.9 Å². The molecule has 1 heterocycles. The molecule has 1 aromatic rings. The molecule has 0 aliphatic carbocycles. The summed E-state index contributed by atoms with van der Waals surface area (Å²) < 4.78 is 5.46. The fourth-order valence-corrected chi connectivity index (χ4v) is 2.43. The van der Waals surface area contributed by atoms with Gasteiger partial charge in [0.25, 0.3) is 0 Å². The number of hydrogen-bond donors (Lipinski definition) is 1. The van der Waals surface area contributed by atoms with Crippen LogP contribution in [0.2, 0.25) is 0 Å². The second kappa shape index (κ2) is 8.16. The van der Waals surface area contributed by atoms with Crippen LogP contribution in [0.15, 0.2) is 6.20 Å². The molecule has 0 spiro atoms. The van der Waals surface area contributed by atoms with E-state index >= 15 is 0 Å². The third-order valence-electron chi connectivity index (χ3n) is 3.66. The van der Waals surface area contributed by atoms with Gasteiger partial charge in [-0.15, -0.1) is 0 Å². The summed E-state index contributed by atoms with van der Waals surface area (Å²) in [6, 6.07) is 0.591. The van der Waals surface area contributed by atoms with Crippen LogP contribution < -0.4 is 10.1 Å². The molecule has 3 heteroatoms. The van der Waals surface area contributed by atoms with Gasteiger partial charge in [-0.05, 0) is 46.1 Å². The highest BCUT2D eigenvalue weighted by Crippen LogP contribution is 2.24. The lowest BCUT2D eigenvalue weighted by Gasteiger charge is -2.17. The van der Waals surface area contributed by atoms with Gasteiger partial charge in [0.2, 0.25) is 0 Å². The van der Waals surface area contributed by atoms with E-state index in [-0.39, 0.29) is 0 Å². The van der Waals surface area contributed by atoms with Gasteiger partial charge < -0.3 is 10.1 Å². The van der Waals surface area contributed by atoms with E-state index < -0.39 is 0 Å². The average Bonchev–Trinajstić information content (AvgIpc) is 2.41. The van der Waals surface area contributed by atoms with E-state index in [1.54, 1.807) is 7.11 Å². The monoisotopic (exact) mass is 264 g/mol. The molecule has 0 bridgehead atoms. The molecule has 0 radical (unpaired) electrons. The summed E-state index contributed by atoms with van der Waals surface area (Å²) in [6.45, 7) is 9.69. The van der Waals surface area contributed by atoms with Crippen LogP contribution in [0, 0.1) is 13.8 Å². The highest BCUT2D eigenvalue weighted by Gasteiger charge is 2.11. The lowest BCUT2D eigenvalue weighted by atomic mass is 10.0.